The van der Waals surface area contributed by atoms with Gasteiger partial charge < -0.3 is 5.32 Å². The van der Waals surface area contributed by atoms with Crippen molar-refractivity contribution in [2.24, 2.45) is 0 Å². The van der Waals surface area contributed by atoms with Crippen LogP contribution in [0.2, 0.25) is 0 Å². The lowest BCUT2D eigenvalue weighted by Gasteiger charge is -2.09. The molecule has 0 atom stereocenters. The van der Waals surface area contributed by atoms with Crippen molar-refractivity contribution in [2.45, 2.75) is 39.8 Å². The van der Waals surface area contributed by atoms with Crippen LogP contribution < -0.4 is 5.32 Å². The van der Waals surface area contributed by atoms with Crippen LogP contribution in [0.15, 0.2) is 30.9 Å². The van der Waals surface area contributed by atoms with Gasteiger partial charge in [0.05, 0.1) is 0 Å². The Bertz CT molecular complexity index is 520. The maximum atomic E-state index is 4.46. The molecule has 1 N–H and O–H groups in total. The number of hydrogen-bond acceptors (Lipinski definition) is 4. The van der Waals surface area contributed by atoms with E-state index in [1.54, 1.807) is 6.20 Å². The molecule has 0 bridgehead atoms. The van der Waals surface area contributed by atoms with E-state index in [0.717, 1.165) is 29.9 Å². The number of rotatable bonds is 5. The number of aryl methyl sites for hydroxylation is 1. The van der Waals surface area contributed by atoms with E-state index in [0.29, 0.717) is 6.04 Å². The molecule has 0 saturated heterocycles. The quantitative estimate of drug-likeness (QED) is 0.893. The van der Waals surface area contributed by atoms with Gasteiger partial charge in [0.2, 0.25) is 0 Å². The van der Waals surface area contributed by atoms with Gasteiger partial charge in [-0.25, -0.2) is 9.97 Å². The van der Waals surface area contributed by atoms with Crippen molar-refractivity contribution in [1.82, 2.24) is 20.3 Å². The van der Waals surface area contributed by atoms with Crippen LogP contribution in [0, 0.1) is 0 Å². The molecule has 2 heterocycles. The molecule has 0 fully saturated rings. The minimum absolute atomic E-state index is 0.464. The molecule has 0 aromatic carbocycles. The van der Waals surface area contributed by atoms with Crippen molar-refractivity contribution in [3.63, 3.8) is 0 Å². The minimum atomic E-state index is 0.464. The molecule has 0 aliphatic carbocycles. The van der Waals surface area contributed by atoms with Gasteiger partial charge in [-0.3, -0.25) is 4.98 Å². The maximum Gasteiger partial charge on any atom is 0.159 e. The van der Waals surface area contributed by atoms with Crippen LogP contribution in [0.5, 0.6) is 0 Å². The van der Waals surface area contributed by atoms with Crippen LogP contribution >= 0.6 is 0 Å². The second kappa shape index (κ2) is 6.38. The Morgan fingerprint density at radius 3 is 2.53 bits per heavy atom. The highest BCUT2D eigenvalue weighted by Crippen LogP contribution is 2.19. The van der Waals surface area contributed by atoms with E-state index in [-0.39, 0.29) is 0 Å². The van der Waals surface area contributed by atoms with E-state index in [4.69, 9.17) is 0 Å². The molecule has 2 aromatic rings. The van der Waals surface area contributed by atoms with E-state index in [9.17, 15) is 0 Å². The summed E-state index contributed by atoms with van der Waals surface area (Å²) < 4.78 is 0. The van der Waals surface area contributed by atoms with Crippen molar-refractivity contribution >= 4 is 0 Å². The summed E-state index contributed by atoms with van der Waals surface area (Å²) in [4.78, 5) is 13.1. The minimum Gasteiger partial charge on any atom is -0.310 e. The third-order valence-electron chi connectivity index (χ3n) is 2.95. The Morgan fingerprint density at radius 1 is 1.16 bits per heavy atom. The second-order valence-corrected chi connectivity index (χ2v) is 4.84. The van der Waals surface area contributed by atoms with Crippen molar-refractivity contribution in [2.75, 3.05) is 0 Å². The molecule has 0 radical (unpaired) electrons. The number of nitrogens with zero attached hydrogens (tertiary/aromatic N) is 3. The maximum absolute atomic E-state index is 4.46. The van der Waals surface area contributed by atoms with E-state index in [1.807, 2.05) is 24.7 Å². The van der Waals surface area contributed by atoms with Crippen LogP contribution in [-0.4, -0.2) is 21.0 Å². The lowest BCUT2D eigenvalue weighted by molar-refractivity contribution is 0.587. The summed E-state index contributed by atoms with van der Waals surface area (Å²) >= 11 is 0. The van der Waals surface area contributed by atoms with Crippen molar-refractivity contribution in [1.29, 1.82) is 0 Å². The standard InChI is InChI=1S/C15H20N4/c1-4-13-10-16-6-5-14(13)15-18-8-12(9-19-15)7-17-11(2)3/h5-6,8-11,17H,4,7H2,1-3H3. The zero-order chi connectivity index (χ0) is 13.7. The molecule has 2 rings (SSSR count). The summed E-state index contributed by atoms with van der Waals surface area (Å²) in [7, 11) is 0. The lowest BCUT2D eigenvalue weighted by Crippen LogP contribution is -2.22. The molecule has 0 saturated carbocycles. The summed E-state index contributed by atoms with van der Waals surface area (Å²) in [5.41, 5.74) is 3.35. The van der Waals surface area contributed by atoms with Gasteiger partial charge in [0, 0.05) is 48.5 Å². The first-order valence-corrected chi connectivity index (χ1v) is 6.68. The number of hydrogen-bond donors (Lipinski definition) is 1. The molecule has 0 spiro atoms. The summed E-state index contributed by atoms with van der Waals surface area (Å²) in [6.07, 6.45) is 8.37. The van der Waals surface area contributed by atoms with Gasteiger partial charge in [0.25, 0.3) is 0 Å². The van der Waals surface area contributed by atoms with Crippen molar-refractivity contribution in [3.05, 3.63) is 42.0 Å². The van der Waals surface area contributed by atoms with Gasteiger partial charge in [-0.05, 0) is 18.1 Å². The van der Waals surface area contributed by atoms with E-state index in [1.165, 1.54) is 5.56 Å². The fourth-order valence-corrected chi connectivity index (χ4v) is 1.83. The van der Waals surface area contributed by atoms with E-state index >= 15 is 0 Å². The normalized spacial score (nSPS) is 10.9. The third-order valence-corrected chi connectivity index (χ3v) is 2.95. The molecule has 2 aromatic heterocycles. The molecule has 19 heavy (non-hydrogen) atoms. The smallest absolute Gasteiger partial charge is 0.159 e. The molecule has 4 heteroatoms. The summed E-state index contributed by atoms with van der Waals surface area (Å²) in [6.45, 7) is 7.16. The number of nitrogens with one attached hydrogen (secondary N) is 1. The van der Waals surface area contributed by atoms with Crippen LogP contribution in [-0.2, 0) is 13.0 Å². The average molecular weight is 256 g/mol. The van der Waals surface area contributed by atoms with Crippen LogP contribution in [0.25, 0.3) is 11.4 Å². The first kappa shape index (κ1) is 13.6. The van der Waals surface area contributed by atoms with Gasteiger partial charge in [-0.2, -0.15) is 0 Å². The summed E-state index contributed by atoms with van der Waals surface area (Å²) in [5, 5.41) is 3.35. The molecular weight excluding hydrogens is 236 g/mol. The molecule has 0 aliphatic heterocycles. The second-order valence-electron chi connectivity index (χ2n) is 4.84. The van der Waals surface area contributed by atoms with E-state index < -0.39 is 0 Å². The lowest BCUT2D eigenvalue weighted by atomic mass is 10.1. The first-order valence-electron chi connectivity index (χ1n) is 6.68. The Hall–Kier alpha value is -1.81. The molecule has 0 unspecified atom stereocenters. The summed E-state index contributed by atoms with van der Waals surface area (Å²) in [6, 6.07) is 2.44. The SMILES string of the molecule is CCc1cnccc1-c1ncc(CNC(C)C)cn1. The Kier molecular flexibility index (Phi) is 4.58. The fourth-order valence-electron chi connectivity index (χ4n) is 1.83. The van der Waals surface area contributed by atoms with Crippen LogP contribution in [0.3, 0.4) is 0 Å². The van der Waals surface area contributed by atoms with Crippen molar-refractivity contribution < 1.29 is 0 Å². The Labute approximate surface area is 114 Å². The van der Waals surface area contributed by atoms with Gasteiger partial charge in [-0.15, -0.1) is 0 Å². The zero-order valence-electron chi connectivity index (χ0n) is 11.7. The zero-order valence-corrected chi connectivity index (χ0v) is 11.7. The first-order chi connectivity index (χ1) is 9.20. The Balaban J connectivity index is 2.18. The highest BCUT2D eigenvalue weighted by atomic mass is 14.9. The molecule has 0 aliphatic rings. The highest BCUT2D eigenvalue weighted by Gasteiger charge is 2.06. The fraction of sp³-hybridized carbons (Fsp3) is 0.400. The van der Waals surface area contributed by atoms with Crippen LogP contribution in [0.1, 0.15) is 31.9 Å². The third kappa shape index (κ3) is 3.58. The average Bonchev–Trinajstić information content (AvgIpc) is 2.45. The van der Waals surface area contributed by atoms with Gasteiger partial charge in [0.1, 0.15) is 0 Å². The van der Waals surface area contributed by atoms with Gasteiger partial charge in [0.15, 0.2) is 5.82 Å². The largest absolute Gasteiger partial charge is 0.310 e. The van der Waals surface area contributed by atoms with Crippen molar-refractivity contribution in [3.8, 4) is 11.4 Å². The topological polar surface area (TPSA) is 50.7 Å². The molecule has 100 valence electrons. The van der Waals surface area contributed by atoms with Crippen LogP contribution in [0.4, 0.5) is 0 Å². The summed E-state index contributed by atoms with van der Waals surface area (Å²) in [5.74, 6) is 0.771. The highest BCUT2D eigenvalue weighted by molar-refractivity contribution is 5.58. The monoisotopic (exact) mass is 256 g/mol. The van der Waals surface area contributed by atoms with Gasteiger partial charge >= 0.3 is 0 Å². The van der Waals surface area contributed by atoms with E-state index in [2.05, 4.69) is 41.0 Å². The molecular formula is C15H20N4. The number of aromatic nitrogens is 3. The predicted octanol–water partition coefficient (Wildman–Crippen LogP) is 2.60. The number of pyridine rings is 1. The Morgan fingerprint density at radius 2 is 1.89 bits per heavy atom. The predicted molar refractivity (Wildman–Crippen MR) is 76.6 cm³/mol. The molecule has 0 amide bonds. The molecule has 4 nitrogen and oxygen atoms in total. The van der Waals surface area contributed by atoms with Gasteiger partial charge in [-0.1, -0.05) is 20.8 Å².